The molecule has 0 saturated carbocycles. The Morgan fingerprint density at radius 2 is 1.73 bits per heavy atom. The molecule has 41 heavy (non-hydrogen) atoms. The number of aromatic hydroxyl groups is 1. The van der Waals surface area contributed by atoms with Gasteiger partial charge in [-0.15, -0.1) is 0 Å². The van der Waals surface area contributed by atoms with E-state index in [1.165, 1.54) is 16.5 Å². The minimum Gasteiger partial charge on any atom is -0.508 e. The number of rotatable bonds is 8. The van der Waals surface area contributed by atoms with E-state index in [2.05, 4.69) is 10.6 Å². The molecular weight excluding hydrogens is 522 g/mol. The lowest BCUT2D eigenvalue weighted by Crippen LogP contribution is -2.56. The van der Waals surface area contributed by atoms with E-state index in [0.717, 1.165) is 24.0 Å². The fourth-order valence-corrected chi connectivity index (χ4v) is 5.85. The van der Waals surface area contributed by atoms with Crippen molar-refractivity contribution in [3.63, 3.8) is 0 Å². The zero-order valence-corrected chi connectivity index (χ0v) is 22.9. The van der Waals surface area contributed by atoms with Gasteiger partial charge in [-0.1, -0.05) is 60.7 Å². The molecule has 9 nitrogen and oxygen atoms in total. The molecule has 3 aromatic carbocycles. The van der Waals surface area contributed by atoms with Crippen molar-refractivity contribution in [3.8, 4) is 5.75 Å². The van der Waals surface area contributed by atoms with E-state index in [-0.39, 0.29) is 42.6 Å². The number of aryl methyl sites for hydroxylation is 1. The monoisotopic (exact) mass is 557 g/mol. The predicted octanol–water partition coefficient (Wildman–Crippen LogP) is 2.17. The van der Waals surface area contributed by atoms with Crippen molar-refractivity contribution in [2.75, 3.05) is 6.54 Å². The van der Waals surface area contributed by atoms with Crippen molar-refractivity contribution >= 4 is 17.7 Å². The van der Waals surface area contributed by atoms with Crippen molar-refractivity contribution in [2.45, 2.75) is 62.9 Å². The van der Waals surface area contributed by atoms with Crippen LogP contribution in [0.1, 0.15) is 51.5 Å². The van der Waals surface area contributed by atoms with Gasteiger partial charge in [-0.3, -0.25) is 14.4 Å². The minimum atomic E-state index is -1.69. The highest BCUT2D eigenvalue weighted by molar-refractivity contribution is 5.97. The van der Waals surface area contributed by atoms with E-state index in [4.69, 9.17) is 0 Å². The van der Waals surface area contributed by atoms with Crippen LogP contribution in [-0.2, 0) is 22.4 Å². The predicted molar refractivity (Wildman–Crippen MR) is 152 cm³/mol. The summed E-state index contributed by atoms with van der Waals surface area (Å²) in [5.41, 5.74) is 3.60. The van der Waals surface area contributed by atoms with Crippen molar-refractivity contribution < 1.29 is 29.7 Å². The molecule has 1 heterocycles. The normalized spacial score (nSPS) is 21.1. The van der Waals surface area contributed by atoms with Crippen LogP contribution in [0, 0.1) is 6.92 Å². The second-order valence-corrected chi connectivity index (χ2v) is 10.9. The second-order valence-electron chi connectivity index (χ2n) is 10.9. The average Bonchev–Trinajstić information content (AvgIpc) is 3.57. The molecule has 214 valence electrons. The number of nitrogens with one attached hydrogen (secondary N) is 2. The van der Waals surface area contributed by atoms with Gasteiger partial charge in [0.1, 0.15) is 11.8 Å². The number of fused-ring (bicyclic) bond motifs is 1. The molecule has 3 amide bonds. The van der Waals surface area contributed by atoms with Gasteiger partial charge in [-0.25, -0.2) is 0 Å². The zero-order valence-electron chi connectivity index (χ0n) is 22.9. The van der Waals surface area contributed by atoms with E-state index < -0.39 is 36.1 Å². The number of carbonyl (C=O) groups is 3. The van der Waals surface area contributed by atoms with Gasteiger partial charge < -0.3 is 30.9 Å². The number of aliphatic hydroxyl groups excluding tert-OH is 2. The zero-order chi connectivity index (χ0) is 29.1. The molecule has 0 radical (unpaired) electrons. The van der Waals surface area contributed by atoms with Crippen LogP contribution in [0.15, 0.2) is 72.8 Å². The van der Waals surface area contributed by atoms with Gasteiger partial charge in [-0.05, 0) is 55.0 Å². The highest BCUT2D eigenvalue weighted by Gasteiger charge is 2.43. The number of aliphatic hydroxyl groups is 2. The molecule has 1 aliphatic heterocycles. The Kier molecular flexibility index (Phi) is 8.37. The van der Waals surface area contributed by atoms with Gasteiger partial charge >= 0.3 is 0 Å². The molecule has 0 spiro atoms. The van der Waals surface area contributed by atoms with E-state index in [0.29, 0.717) is 5.56 Å². The minimum absolute atomic E-state index is 0.0429. The number of nitrogens with zero attached hydrogens (tertiary/aromatic N) is 1. The third kappa shape index (κ3) is 6.11. The Hall–Kier alpha value is -4.21. The van der Waals surface area contributed by atoms with Gasteiger partial charge in [-0.2, -0.15) is 0 Å². The number of benzene rings is 3. The Balaban J connectivity index is 1.34. The van der Waals surface area contributed by atoms with E-state index >= 15 is 0 Å². The number of β-amino-alcohol motifs (C(OH)–C–C–N with tert-alkyl or cyclic N) is 1. The van der Waals surface area contributed by atoms with Crippen LogP contribution in [0.4, 0.5) is 0 Å². The maximum absolute atomic E-state index is 13.7. The molecule has 0 bridgehead atoms. The molecule has 1 saturated heterocycles. The van der Waals surface area contributed by atoms with Crippen molar-refractivity contribution in [2.24, 2.45) is 0 Å². The fraction of sp³-hybridized carbons (Fsp3) is 0.344. The number of hydrogen-bond acceptors (Lipinski definition) is 6. The molecule has 0 aromatic heterocycles. The molecule has 1 aliphatic carbocycles. The number of carbonyl (C=O) groups excluding carboxylic acids is 3. The Labute approximate surface area is 238 Å². The summed E-state index contributed by atoms with van der Waals surface area (Å²) in [6.45, 7) is 1.50. The maximum Gasteiger partial charge on any atom is 0.254 e. The van der Waals surface area contributed by atoms with Crippen LogP contribution < -0.4 is 10.6 Å². The van der Waals surface area contributed by atoms with E-state index in [1.54, 1.807) is 19.1 Å². The van der Waals surface area contributed by atoms with Crippen LogP contribution in [0.25, 0.3) is 0 Å². The molecule has 2 aliphatic rings. The number of amides is 3. The van der Waals surface area contributed by atoms with Gasteiger partial charge in [0.2, 0.25) is 5.91 Å². The van der Waals surface area contributed by atoms with Crippen LogP contribution >= 0.6 is 0 Å². The van der Waals surface area contributed by atoms with Crippen molar-refractivity contribution in [1.29, 1.82) is 0 Å². The summed E-state index contributed by atoms with van der Waals surface area (Å²) < 4.78 is 0. The van der Waals surface area contributed by atoms with Crippen LogP contribution in [0.2, 0.25) is 0 Å². The molecule has 5 unspecified atom stereocenters. The van der Waals surface area contributed by atoms with E-state index in [1.807, 2.05) is 54.6 Å². The smallest absolute Gasteiger partial charge is 0.254 e. The lowest BCUT2D eigenvalue weighted by molar-refractivity contribution is -0.146. The number of likely N-dealkylation sites (tertiary alicyclic amines) is 1. The van der Waals surface area contributed by atoms with Gasteiger partial charge in [0.15, 0.2) is 6.10 Å². The molecule has 5 rings (SSSR count). The van der Waals surface area contributed by atoms with Crippen molar-refractivity contribution in [1.82, 2.24) is 15.5 Å². The first-order valence-corrected chi connectivity index (χ1v) is 13.9. The Morgan fingerprint density at radius 3 is 2.51 bits per heavy atom. The maximum atomic E-state index is 13.7. The standard InChI is InChI=1S/C32H35N3O6/c1-19-23(12-7-13-28(19)37)30(39)34-26(16-20-8-3-2-4-9-20)29(38)32(41)35-18-22(36)17-27(35)31(40)33-25-15-14-21-10-5-6-11-24(21)25/h2-13,22,25-27,29,36-38H,14-18H2,1H3,(H,33,40)(H,34,39). The first-order chi connectivity index (χ1) is 19.7. The molecule has 5 N–H and O–H groups in total. The van der Waals surface area contributed by atoms with Crippen LogP contribution in [0.3, 0.4) is 0 Å². The van der Waals surface area contributed by atoms with E-state index in [9.17, 15) is 29.7 Å². The van der Waals surface area contributed by atoms with Crippen LogP contribution in [0.5, 0.6) is 5.75 Å². The van der Waals surface area contributed by atoms with Gasteiger partial charge in [0, 0.05) is 24.1 Å². The fourth-order valence-electron chi connectivity index (χ4n) is 5.85. The number of phenols is 1. The first-order valence-electron chi connectivity index (χ1n) is 13.9. The molecule has 9 heteroatoms. The largest absolute Gasteiger partial charge is 0.508 e. The second kappa shape index (κ2) is 12.1. The molecule has 1 fully saturated rings. The van der Waals surface area contributed by atoms with Crippen LogP contribution in [-0.4, -0.2) is 68.8 Å². The highest BCUT2D eigenvalue weighted by Crippen LogP contribution is 2.31. The topological polar surface area (TPSA) is 139 Å². The summed E-state index contributed by atoms with van der Waals surface area (Å²) in [6.07, 6.45) is -0.828. The quantitative estimate of drug-likeness (QED) is 0.288. The first kappa shape index (κ1) is 28.3. The third-order valence-corrected chi connectivity index (χ3v) is 8.11. The van der Waals surface area contributed by atoms with Gasteiger partial charge in [0.05, 0.1) is 18.2 Å². The molecular formula is C32H35N3O6. The summed E-state index contributed by atoms with van der Waals surface area (Å²) >= 11 is 0. The highest BCUT2D eigenvalue weighted by atomic mass is 16.3. The summed E-state index contributed by atoms with van der Waals surface area (Å²) in [5.74, 6) is -1.73. The number of hydrogen-bond donors (Lipinski definition) is 5. The third-order valence-electron chi connectivity index (χ3n) is 8.11. The molecule has 3 aromatic rings. The summed E-state index contributed by atoms with van der Waals surface area (Å²) in [4.78, 5) is 41.5. The Bertz CT molecular complexity index is 1430. The average molecular weight is 558 g/mol. The lowest BCUT2D eigenvalue weighted by atomic mass is 9.98. The summed E-state index contributed by atoms with van der Waals surface area (Å²) in [5, 5.41) is 37.7. The summed E-state index contributed by atoms with van der Waals surface area (Å²) in [7, 11) is 0. The Morgan fingerprint density at radius 1 is 1.00 bits per heavy atom. The molecule has 5 atom stereocenters. The summed E-state index contributed by atoms with van der Waals surface area (Å²) in [6, 6.07) is 19.4. The SMILES string of the molecule is Cc1c(O)cccc1C(=O)NC(Cc1ccccc1)C(O)C(=O)N1CC(O)CC1C(=O)NC1CCc2ccccc21. The van der Waals surface area contributed by atoms with Gasteiger partial charge in [0.25, 0.3) is 11.8 Å². The lowest BCUT2D eigenvalue weighted by Gasteiger charge is -2.31. The number of phenolic OH excluding ortho intramolecular Hbond substituents is 1. The van der Waals surface area contributed by atoms with Crippen molar-refractivity contribution in [3.05, 3.63) is 101 Å².